The highest BCUT2D eigenvalue weighted by molar-refractivity contribution is 5.97. The van der Waals surface area contributed by atoms with Gasteiger partial charge in [0.25, 0.3) is 0 Å². The summed E-state index contributed by atoms with van der Waals surface area (Å²) in [5.41, 5.74) is 18.2. The number of rotatable bonds is 22. The Kier molecular flexibility index (Phi) is 16.9. The summed E-state index contributed by atoms with van der Waals surface area (Å²) in [5.74, 6) is -0.209. The van der Waals surface area contributed by atoms with Crippen LogP contribution in [0.15, 0.2) is 108 Å². The van der Waals surface area contributed by atoms with Crippen LogP contribution in [0.5, 0.6) is 5.75 Å². The predicted molar refractivity (Wildman–Crippen MR) is 241 cm³/mol. The van der Waals surface area contributed by atoms with Crippen LogP contribution in [0.2, 0.25) is 0 Å². The number of urea groups is 1. The van der Waals surface area contributed by atoms with Crippen LogP contribution in [0.4, 0.5) is 10.5 Å². The lowest BCUT2D eigenvalue weighted by molar-refractivity contribution is -0.130. The number of methoxy groups -OCH3 is 1. The third kappa shape index (κ3) is 13.6. The topological polar surface area (TPSA) is 181 Å². The maximum absolute atomic E-state index is 14.2. The summed E-state index contributed by atoms with van der Waals surface area (Å²) in [4.78, 5) is 48.0. The summed E-state index contributed by atoms with van der Waals surface area (Å²) >= 11 is 0. The number of hydrogen-bond acceptors (Lipinski definition) is 6. The quantitative estimate of drug-likeness (QED) is 0.0287. The first kappa shape index (κ1) is 44.8. The van der Waals surface area contributed by atoms with Gasteiger partial charge in [0, 0.05) is 49.9 Å². The summed E-state index contributed by atoms with van der Waals surface area (Å²) in [7, 11) is 1.58. The predicted octanol–water partition coefficient (Wildman–Crippen LogP) is 5.87. The maximum Gasteiger partial charge on any atom is 0.319 e. The van der Waals surface area contributed by atoms with E-state index in [9.17, 15) is 14.4 Å². The lowest BCUT2D eigenvalue weighted by atomic mass is 10.0. The van der Waals surface area contributed by atoms with Gasteiger partial charge in [0.15, 0.2) is 5.96 Å². The van der Waals surface area contributed by atoms with E-state index in [-0.39, 0.29) is 24.7 Å². The number of aryl methyl sites for hydroxylation is 2. The molecule has 0 spiro atoms. The van der Waals surface area contributed by atoms with Crippen LogP contribution < -0.4 is 37.5 Å². The number of guanidine groups is 1. The first-order chi connectivity index (χ1) is 29.0. The van der Waals surface area contributed by atoms with Crippen molar-refractivity contribution in [3.05, 3.63) is 131 Å². The van der Waals surface area contributed by atoms with E-state index >= 15 is 0 Å². The fraction of sp³-hybridized carbons (Fsp3) is 0.362. The highest BCUT2D eigenvalue weighted by Crippen LogP contribution is 2.27. The molecule has 1 heterocycles. The average molecular weight is 816 g/mol. The first-order valence-corrected chi connectivity index (χ1v) is 20.8. The second-order valence-corrected chi connectivity index (χ2v) is 15.1. The normalized spacial score (nSPS) is 12.1. The Balaban J connectivity index is 1.35. The second-order valence-electron chi connectivity index (χ2n) is 15.1. The summed E-state index contributed by atoms with van der Waals surface area (Å²) in [6.45, 7) is 10.5. The molecule has 0 unspecified atom stereocenters. The molecule has 4 amide bonds. The Hall–Kier alpha value is -6.34. The lowest BCUT2D eigenvalue weighted by Gasteiger charge is -2.23. The van der Waals surface area contributed by atoms with E-state index < -0.39 is 24.0 Å². The minimum atomic E-state index is -1.03. The van der Waals surface area contributed by atoms with E-state index in [1.54, 1.807) is 19.2 Å². The molecule has 4 aromatic carbocycles. The Morgan fingerprint density at radius 2 is 1.57 bits per heavy atom. The maximum atomic E-state index is 14.2. The SMILES string of the molecule is CCN(CC)Cc1cn(Cc2cccc(C)c2)c2cc(NC(=O)N[C@@H](Cc3ccc(OC)cc3)C(=O)N[C@@H](CCCN=C(N)N)C(=O)NCCCc3ccccc3)ccc12. The fourth-order valence-corrected chi connectivity index (χ4v) is 7.25. The first-order valence-electron chi connectivity index (χ1n) is 20.8. The molecule has 8 N–H and O–H groups in total. The van der Waals surface area contributed by atoms with Crippen molar-refractivity contribution in [2.45, 2.75) is 78.0 Å². The zero-order valence-corrected chi connectivity index (χ0v) is 35.4. The van der Waals surface area contributed by atoms with Gasteiger partial charge in [-0.15, -0.1) is 0 Å². The number of aromatic nitrogens is 1. The second kappa shape index (κ2) is 22.7. The fourth-order valence-electron chi connectivity index (χ4n) is 7.25. The summed E-state index contributed by atoms with van der Waals surface area (Å²) in [6.07, 6.45) is 4.63. The molecule has 60 heavy (non-hydrogen) atoms. The highest BCUT2D eigenvalue weighted by atomic mass is 16.5. The van der Waals surface area contributed by atoms with Gasteiger partial charge in [-0.1, -0.05) is 92.2 Å². The standard InChI is InChI=1S/C47H61N9O4/c1-5-55(6-2)31-37-32-56(30-36-16-10-13-33(3)27-36)43-29-38(21-24-40(37)43)52-47(59)54-42(28-35-19-22-39(60-4)23-20-35)45(58)53-41(18-12-26-51-46(48)49)44(57)50-25-11-17-34-14-8-7-9-15-34/h7-10,13-16,19-24,27,29,32,41-42H,5-6,11-12,17-18,25-26,28,30-31H2,1-4H3,(H,50,57)(H,53,58)(H4,48,49,51)(H2,52,54,59)/t41-,42-/m0/s1. The summed E-state index contributed by atoms with van der Waals surface area (Å²) < 4.78 is 7.56. The number of anilines is 1. The number of benzene rings is 4. The third-order valence-corrected chi connectivity index (χ3v) is 10.5. The van der Waals surface area contributed by atoms with Gasteiger partial charge < -0.3 is 42.0 Å². The number of nitrogens with one attached hydrogen (secondary N) is 4. The minimum Gasteiger partial charge on any atom is -0.497 e. The van der Waals surface area contributed by atoms with Crippen LogP contribution in [0.25, 0.3) is 10.9 Å². The molecule has 0 bridgehead atoms. The molecule has 0 saturated heterocycles. The Labute approximate surface area is 353 Å². The molecule has 0 aliphatic carbocycles. The van der Waals surface area contributed by atoms with E-state index in [2.05, 4.69) is 87.0 Å². The molecule has 0 radical (unpaired) electrons. The number of ether oxygens (including phenoxy) is 1. The van der Waals surface area contributed by atoms with E-state index in [4.69, 9.17) is 16.2 Å². The number of carbonyl (C=O) groups is 3. The Morgan fingerprint density at radius 1 is 0.817 bits per heavy atom. The Morgan fingerprint density at radius 3 is 2.27 bits per heavy atom. The number of nitrogens with zero attached hydrogens (tertiary/aromatic N) is 3. The zero-order valence-electron chi connectivity index (χ0n) is 35.4. The molecule has 0 fully saturated rings. The molecule has 13 heteroatoms. The highest BCUT2D eigenvalue weighted by Gasteiger charge is 2.27. The van der Waals surface area contributed by atoms with Gasteiger partial charge in [-0.05, 0) is 92.2 Å². The molecule has 0 aliphatic heterocycles. The van der Waals surface area contributed by atoms with Gasteiger partial charge in [0.05, 0.1) is 12.6 Å². The third-order valence-electron chi connectivity index (χ3n) is 10.5. The number of hydrogen-bond donors (Lipinski definition) is 6. The molecule has 0 aliphatic rings. The van der Waals surface area contributed by atoms with Crippen molar-refractivity contribution in [1.29, 1.82) is 0 Å². The molecular weight excluding hydrogens is 755 g/mol. The minimum absolute atomic E-state index is 0.0468. The van der Waals surface area contributed by atoms with Crippen LogP contribution >= 0.6 is 0 Å². The molecule has 0 saturated carbocycles. The van der Waals surface area contributed by atoms with E-state index in [0.29, 0.717) is 37.5 Å². The van der Waals surface area contributed by atoms with Crippen molar-refractivity contribution >= 4 is 40.4 Å². The van der Waals surface area contributed by atoms with E-state index in [1.807, 2.05) is 60.7 Å². The molecule has 5 rings (SSSR count). The molecule has 2 atom stereocenters. The van der Waals surface area contributed by atoms with Gasteiger partial charge in [0.1, 0.15) is 17.8 Å². The van der Waals surface area contributed by atoms with Gasteiger partial charge in [0.2, 0.25) is 11.8 Å². The largest absolute Gasteiger partial charge is 0.497 e. The summed E-state index contributed by atoms with van der Waals surface area (Å²) in [6, 6.07) is 29.2. The number of aliphatic imine (C=N–C) groups is 1. The van der Waals surface area contributed by atoms with Crippen molar-refractivity contribution in [2.24, 2.45) is 16.5 Å². The van der Waals surface area contributed by atoms with Gasteiger partial charge in [-0.3, -0.25) is 19.5 Å². The van der Waals surface area contributed by atoms with E-state index in [1.165, 1.54) is 22.3 Å². The van der Waals surface area contributed by atoms with Crippen molar-refractivity contribution in [1.82, 2.24) is 25.4 Å². The average Bonchev–Trinajstić information content (AvgIpc) is 3.57. The number of nitrogens with two attached hydrogens (primary N) is 2. The smallest absolute Gasteiger partial charge is 0.319 e. The Bertz CT molecular complexity index is 2180. The molecule has 318 valence electrons. The molecule has 13 nitrogen and oxygen atoms in total. The molecule has 5 aromatic rings. The number of carbonyl (C=O) groups excluding carboxylic acids is 3. The van der Waals surface area contributed by atoms with Crippen LogP contribution in [0.3, 0.4) is 0 Å². The number of amides is 4. The van der Waals surface area contributed by atoms with Crippen molar-refractivity contribution < 1.29 is 19.1 Å². The van der Waals surface area contributed by atoms with Crippen LogP contribution in [0.1, 0.15) is 60.9 Å². The summed E-state index contributed by atoms with van der Waals surface area (Å²) in [5, 5.41) is 12.9. The van der Waals surface area contributed by atoms with Crippen molar-refractivity contribution in [2.75, 3.05) is 38.6 Å². The van der Waals surface area contributed by atoms with Crippen molar-refractivity contribution in [3.8, 4) is 5.75 Å². The lowest BCUT2D eigenvalue weighted by Crippen LogP contribution is -2.55. The van der Waals surface area contributed by atoms with Gasteiger partial charge in [-0.25, -0.2) is 4.79 Å². The zero-order chi connectivity index (χ0) is 42.9. The van der Waals surface area contributed by atoms with Crippen LogP contribution in [-0.4, -0.2) is 78.6 Å². The van der Waals surface area contributed by atoms with Gasteiger partial charge >= 0.3 is 6.03 Å². The van der Waals surface area contributed by atoms with Gasteiger partial charge in [-0.2, -0.15) is 0 Å². The molecule has 1 aromatic heterocycles. The van der Waals surface area contributed by atoms with Crippen LogP contribution in [-0.2, 0) is 35.5 Å². The van der Waals surface area contributed by atoms with Crippen molar-refractivity contribution in [3.63, 3.8) is 0 Å². The molecular formula is C47H61N9O4. The van der Waals surface area contributed by atoms with Crippen LogP contribution in [0, 0.1) is 6.92 Å². The van der Waals surface area contributed by atoms with E-state index in [0.717, 1.165) is 48.9 Å². The monoisotopic (exact) mass is 815 g/mol. The number of fused-ring (bicyclic) bond motifs is 1.